The van der Waals surface area contributed by atoms with E-state index in [0.717, 1.165) is 24.8 Å². The second-order valence-electron chi connectivity index (χ2n) is 4.28. The Kier molecular flexibility index (Phi) is 3.28. The SMILES string of the molecule is CCc1ccc(C(=O)OC)c2c1CCCC2. The molecule has 0 heterocycles. The van der Waals surface area contributed by atoms with Crippen molar-refractivity contribution < 1.29 is 9.53 Å². The van der Waals surface area contributed by atoms with E-state index in [1.54, 1.807) is 0 Å². The molecule has 0 spiro atoms. The van der Waals surface area contributed by atoms with E-state index in [2.05, 4.69) is 13.0 Å². The zero-order chi connectivity index (χ0) is 11.5. The van der Waals surface area contributed by atoms with Crippen molar-refractivity contribution in [3.05, 3.63) is 34.4 Å². The third-order valence-electron chi connectivity index (χ3n) is 3.42. The fourth-order valence-corrected chi connectivity index (χ4v) is 2.57. The number of ether oxygens (including phenoxy) is 1. The molecule has 1 aliphatic carbocycles. The fourth-order valence-electron chi connectivity index (χ4n) is 2.57. The minimum Gasteiger partial charge on any atom is -0.465 e. The standard InChI is InChI=1S/C14H18O2/c1-3-10-8-9-13(14(15)16-2)12-7-5-4-6-11(10)12/h8-9H,3-7H2,1-2H3. The number of benzene rings is 1. The topological polar surface area (TPSA) is 26.3 Å². The van der Waals surface area contributed by atoms with E-state index in [9.17, 15) is 4.79 Å². The quantitative estimate of drug-likeness (QED) is 0.713. The molecule has 0 saturated heterocycles. The van der Waals surface area contributed by atoms with Gasteiger partial charge in [0.1, 0.15) is 0 Å². The lowest BCUT2D eigenvalue weighted by molar-refractivity contribution is 0.0599. The van der Waals surface area contributed by atoms with Gasteiger partial charge in [0.25, 0.3) is 0 Å². The van der Waals surface area contributed by atoms with E-state index in [-0.39, 0.29) is 5.97 Å². The molecular formula is C14H18O2. The molecule has 0 aliphatic heterocycles. The summed E-state index contributed by atoms with van der Waals surface area (Å²) >= 11 is 0. The van der Waals surface area contributed by atoms with Crippen LogP contribution in [-0.2, 0) is 24.0 Å². The Morgan fingerprint density at radius 1 is 1.25 bits per heavy atom. The van der Waals surface area contributed by atoms with Gasteiger partial charge in [-0.05, 0) is 54.9 Å². The van der Waals surface area contributed by atoms with Crippen molar-refractivity contribution in [1.29, 1.82) is 0 Å². The van der Waals surface area contributed by atoms with E-state index in [1.807, 2.05) is 6.07 Å². The lowest BCUT2D eigenvalue weighted by atomic mass is 9.84. The summed E-state index contributed by atoms with van der Waals surface area (Å²) in [6, 6.07) is 4.01. The summed E-state index contributed by atoms with van der Waals surface area (Å²) in [6.45, 7) is 2.17. The number of aryl methyl sites for hydroxylation is 1. The van der Waals surface area contributed by atoms with E-state index in [1.165, 1.54) is 36.6 Å². The van der Waals surface area contributed by atoms with Crippen LogP contribution in [0.1, 0.15) is 46.8 Å². The molecule has 2 heteroatoms. The van der Waals surface area contributed by atoms with Gasteiger partial charge in [-0.25, -0.2) is 4.79 Å². The number of carbonyl (C=O) groups is 1. The summed E-state index contributed by atoms with van der Waals surface area (Å²) in [6.07, 6.45) is 5.61. The number of fused-ring (bicyclic) bond motifs is 1. The van der Waals surface area contributed by atoms with Crippen molar-refractivity contribution in [2.75, 3.05) is 7.11 Å². The van der Waals surface area contributed by atoms with Crippen LogP contribution in [0, 0.1) is 0 Å². The van der Waals surface area contributed by atoms with Gasteiger partial charge in [-0.2, -0.15) is 0 Å². The van der Waals surface area contributed by atoms with Crippen LogP contribution in [0.25, 0.3) is 0 Å². The second kappa shape index (κ2) is 4.69. The van der Waals surface area contributed by atoms with Gasteiger partial charge in [-0.3, -0.25) is 0 Å². The zero-order valence-corrected chi connectivity index (χ0v) is 10.0. The van der Waals surface area contributed by atoms with Crippen molar-refractivity contribution in [3.8, 4) is 0 Å². The number of methoxy groups -OCH3 is 1. The smallest absolute Gasteiger partial charge is 0.338 e. The highest BCUT2D eigenvalue weighted by atomic mass is 16.5. The Morgan fingerprint density at radius 3 is 2.56 bits per heavy atom. The van der Waals surface area contributed by atoms with Crippen LogP contribution in [0.5, 0.6) is 0 Å². The van der Waals surface area contributed by atoms with Crippen LogP contribution in [0.15, 0.2) is 12.1 Å². The van der Waals surface area contributed by atoms with Gasteiger partial charge in [0, 0.05) is 0 Å². The summed E-state index contributed by atoms with van der Waals surface area (Å²) in [7, 11) is 1.45. The van der Waals surface area contributed by atoms with Gasteiger partial charge >= 0.3 is 5.97 Å². The average molecular weight is 218 g/mol. The molecule has 2 nitrogen and oxygen atoms in total. The Labute approximate surface area is 96.6 Å². The number of hydrogen-bond acceptors (Lipinski definition) is 2. The second-order valence-corrected chi connectivity index (χ2v) is 4.28. The predicted molar refractivity (Wildman–Crippen MR) is 63.8 cm³/mol. The summed E-state index contributed by atoms with van der Waals surface area (Å²) < 4.78 is 4.84. The normalized spacial score (nSPS) is 14.4. The maximum Gasteiger partial charge on any atom is 0.338 e. The molecule has 2 rings (SSSR count). The Hall–Kier alpha value is -1.31. The molecule has 1 aromatic carbocycles. The molecule has 0 bridgehead atoms. The van der Waals surface area contributed by atoms with Crippen molar-refractivity contribution >= 4 is 5.97 Å². The van der Waals surface area contributed by atoms with Crippen LogP contribution in [0.4, 0.5) is 0 Å². The van der Waals surface area contributed by atoms with Crippen LogP contribution in [-0.4, -0.2) is 13.1 Å². The van der Waals surface area contributed by atoms with Gasteiger partial charge in [0.15, 0.2) is 0 Å². The van der Waals surface area contributed by atoms with E-state index in [0.29, 0.717) is 0 Å². The van der Waals surface area contributed by atoms with E-state index >= 15 is 0 Å². The van der Waals surface area contributed by atoms with Crippen molar-refractivity contribution in [1.82, 2.24) is 0 Å². The monoisotopic (exact) mass is 218 g/mol. The molecule has 0 saturated carbocycles. The Bertz CT molecular complexity index is 407. The predicted octanol–water partition coefficient (Wildman–Crippen LogP) is 2.91. The number of carbonyl (C=O) groups excluding carboxylic acids is 1. The van der Waals surface area contributed by atoms with Gasteiger partial charge in [0.2, 0.25) is 0 Å². The zero-order valence-electron chi connectivity index (χ0n) is 10.0. The molecule has 1 aromatic rings. The van der Waals surface area contributed by atoms with Crippen molar-refractivity contribution in [3.63, 3.8) is 0 Å². The molecule has 0 fully saturated rings. The summed E-state index contributed by atoms with van der Waals surface area (Å²) in [4.78, 5) is 11.7. The van der Waals surface area contributed by atoms with Crippen LogP contribution >= 0.6 is 0 Å². The summed E-state index contributed by atoms with van der Waals surface area (Å²) in [5, 5.41) is 0. The third-order valence-corrected chi connectivity index (χ3v) is 3.42. The first kappa shape index (κ1) is 11.2. The highest BCUT2D eigenvalue weighted by molar-refractivity contribution is 5.91. The van der Waals surface area contributed by atoms with Gasteiger partial charge in [-0.1, -0.05) is 13.0 Å². The number of esters is 1. The lowest BCUT2D eigenvalue weighted by Crippen LogP contribution is -2.13. The minimum atomic E-state index is -0.194. The molecule has 0 unspecified atom stereocenters. The Morgan fingerprint density at radius 2 is 1.94 bits per heavy atom. The summed E-state index contributed by atoms with van der Waals surface area (Å²) in [5.74, 6) is -0.194. The molecular weight excluding hydrogens is 200 g/mol. The molecule has 86 valence electrons. The van der Waals surface area contributed by atoms with E-state index in [4.69, 9.17) is 4.74 Å². The largest absolute Gasteiger partial charge is 0.465 e. The minimum absolute atomic E-state index is 0.194. The number of hydrogen-bond donors (Lipinski definition) is 0. The first-order valence-corrected chi connectivity index (χ1v) is 5.99. The van der Waals surface area contributed by atoms with Crippen molar-refractivity contribution in [2.45, 2.75) is 39.0 Å². The van der Waals surface area contributed by atoms with E-state index < -0.39 is 0 Å². The molecule has 0 atom stereocenters. The average Bonchev–Trinajstić information content (AvgIpc) is 2.36. The molecule has 1 aliphatic rings. The van der Waals surface area contributed by atoms with Crippen molar-refractivity contribution in [2.24, 2.45) is 0 Å². The maximum atomic E-state index is 11.7. The highest BCUT2D eigenvalue weighted by Gasteiger charge is 2.20. The first-order valence-electron chi connectivity index (χ1n) is 5.99. The number of rotatable bonds is 2. The lowest BCUT2D eigenvalue weighted by Gasteiger charge is -2.21. The molecule has 0 aromatic heterocycles. The molecule has 0 amide bonds. The third kappa shape index (κ3) is 1.84. The van der Waals surface area contributed by atoms with Crippen LogP contribution in [0.2, 0.25) is 0 Å². The maximum absolute atomic E-state index is 11.7. The molecule has 16 heavy (non-hydrogen) atoms. The van der Waals surface area contributed by atoms with Gasteiger partial charge in [0.05, 0.1) is 12.7 Å². The highest BCUT2D eigenvalue weighted by Crippen LogP contribution is 2.28. The summed E-state index contributed by atoms with van der Waals surface area (Å²) in [5.41, 5.74) is 4.80. The van der Waals surface area contributed by atoms with Gasteiger partial charge < -0.3 is 4.74 Å². The molecule has 0 N–H and O–H groups in total. The Balaban J connectivity index is 2.52. The fraction of sp³-hybridized carbons (Fsp3) is 0.500. The van der Waals surface area contributed by atoms with Gasteiger partial charge in [-0.15, -0.1) is 0 Å². The van der Waals surface area contributed by atoms with Crippen LogP contribution in [0.3, 0.4) is 0 Å². The van der Waals surface area contributed by atoms with Crippen LogP contribution < -0.4 is 0 Å². The molecule has 0 radical (unpaired) electrons. The first-order chi connectivity index (χ1) is 7.77.